The lowest BCUT2D eigenvalue weighted by atomic mass is 10.2. The molecule has 1 aromatic rings. The minimum atomic E-state index is -0.942. The first-order valence-corrected chi connectivity index (χ1v) is 5.32. The van der Waals surface area contributed by atoms with Gasteiger partial charge in [-0.05, 0) is 12.5 Å². The summed E-state index contributed by atoms with van der Waals surface area (Å²) in [5.74, 6) is -1.63. The van der Waals surface area contributed by atoms with E-state index in [1.54, 1.807) is 6.92 Å². The molecular weight excluding hydrogens is 217 g/mol. The number of rotatable bonds is 5. The van der Waals surface area contributed by atoms with Crippen LogP contribution < -0.4 is 0 Å². The molecule has 0 spiro atoms. The van der Waals surface area contributed by atoms with Gasteiger partial charge in [-0.25, -0.2) is 4.39 Å². The molecule has 0 N–H and O–H groups in total. The normalized spacial score (nSPS) is 9.76. The Morgan fingerprint density at radius 3 is 2.35 bits per heavy atom. The summed E-state index contributed by atoms with van der Waals surface area (Å²) in [4.78, 5) is 13.0. The second kappa shape index (κ2) is 5.99. The summed E-state index contributed by atoms with van der Waals surface area (Å²) in [6, 6.07) is 9.42. The van der Waals surface area contributed by atoms with E-state index < -0.39 is 11.7 Å². The van der Waals surface area contributed by atoms with Crippen LogP contribution in [-0.4, -0.2) is 17.4 Å². The Labute approximate surface area is 101 Å². The van der Waals surface area contributed by atoms with Crippen molar-refractivity contribution in [1.29, 1.82) is 0 Å². The van der Waals surface area contributed by atoms with Crippen molar-refractivity contribution in [1.82, 2.24) is 4.90 Å². The number of benzene rings is 1. The molecule has 90 valence electrons. The fourth-order valence-electron chi connectivity index (χ4n) is 1.50. The van der Waals surface area contributed by atoms with E-state index in [9.17, 15) is 9.18 Å². The summed E-state index contributed by atoms with van der Waals surface area (Å²) in [5, 5.41) is 0. The smallest absolute Gasteiger partial charge is 0.282 e. The van der Waals surface area contributed by atoms with Gasteiger partial charge in [0.15, 0.2) is 5.83 Å². The van der Waals surface area contributed by atoms with Crippen LogP contribution in [0.15, 0.2) is 54.9 Å². The van der Waals surface area contributed by atoms with Crippen LogP contribution in [0.2, 0.25) is 0 Å². The van der Waals surface area contributed by atoms with Gasteiger partial charge in [-0.15, -0.1) is 0 Å². The van der Waals surface area contributed by atoms with E-state index in [0.29, 0.717) is 13.1 Å². The van der Waals surface area contributed by atoms with Gasteiger partial charge in [0.05, 0.1) is 0 Å². The van der Waals surface area contributed by atoms with Crippen LogP contribution in [-0.2, 0) is 11.3 Å². The average molecular weight is 233 g/mol. The maximum absolute atomic E-state index is 12.9. The Balaban J connectivity index is 2.81. The molecule has 0 aliphatic carbocycles. The van der Waals surface area contributed by atoms with Gasteiger partial charge >= 0.3 is 0 Å². The van der Waals surface area contributed by atoms with Gasteiger partial charge in [-0.2, -0.15) is 0 Å². The molecule has 0 aliphatic rings. The average Bonchev–Trinajstić information content (AvgIpc) is 2.28. The molecule has 0 atom stereocenters. The zero-order valence-electron chi connectivity index (χ0n) is 9.95. The van der Waals surface area contributed by atoms with Gasteiger partial charge in [-0.1, -0.05) is 49.1 Å². The molecule has 1 aromatic carbocycles. The van der Waals surface area contributed by atoms with Crippen LogP contribution in [0.4, 0.5) is 4.39 Å². The highest BCUT2D eigenvalue weighted by molar-refractivity contribution is 5.90. The quantitative estimate of drug-likeness (QED) is 0.565. The van der Waals surface area contributed by atoms with Crippen molar-refractivity contribution in [3.05, 3.63) is 60.5 Å². The number of amides is 1. The second-order valence-corrected chi connectivity index (χ2v) is 4.01. The van der Waals surface area contributed by atoms with Gasteiger partial charge < -0.3 is 4.90 Å². The minimum absolute atomic E-state index is 0.330. The van der Waals surface area contributed by atoms with E-state index in [0.717, 1.165) is 11.1 Å². The van der Waals surface area contributed by atoms with Crippen molar-refractivity contribution >= 4 is 5.91 Å². The Bertz CT molecular complexity index is 425. The molecule has 17 heavy (non-hydrogen) atoms. The van der Waals surface area contributed by atoms with Crippen LogP contribution in [0.3, 0.4) is 0 Å². The maximum atomic E-state index is 12.9. The number of halogens is 1. The Morgan fingerprint density at radius 1 is 1.29 bits per heavy atom. The first kappa shape index (κ1) is 13.2. The van der Waals surface area contributed by atoms with E-state index in [4.69, 9.17) is 0 Å². The lowest BCUT2D eigenvalue weighted by Crippen LogP contribution is -2.31. The number of carbonyl (C=O) groups excluding carboxylic acids is 1. The van der Waals surface area contributed by atoms with E-state index in [2.05, 4.69) is 13.2 Å². The number of hydrogen-bond donors (Lipinski definition) is 0. The Hall–Kier alpha value is -1.90. The molecule has 0 radical (unpaired) electrons. The minimum Gasteiger partial charge on any atom is -0.328 e. The third-order valence-electron chi connectivity index (χ3n) is 2.20. The monoisotopic (exact) mass is 233 g/mol. The fourth-order valence-corrected chi connectivity index (χ4v) is 1.50. The molecule has 3 heteroatoms. The summed E-state index contributed by atoms with van der Waals surface area (Å²) in [5.41, 5.74) is 1.75. The molecule has 1 amide bonds. The SMILES string of the molecule is C=C(C)CN(Cc1ccccc1)C(=O)C(=C)F. The van der Waals surface area contributed by atoms with E-state index in [1.165, 1.54) is 4.90 Å². The van der Waals surface area contributed by atoms with E-state index in [-0.39, 0.29) is 0 Å². The van der Waals surface area contributed by atoms with Crippen LogP contribution in [0.1, 0.15) is 12.5 Å². The van der Waals surface area contributed by atoms with Gasteiger partial charge in [0, 0.05) is 13.1 Å². The molecule has 0 bridgehead atoms. The zero-order valence-corrected chi connectivity index (χ0v) is 9.95. The van der Waals surface area contributed by atoms with Crippen molar-refractivity contribution in [3.8, 4) is 0 Å². The zero-order chi connectivity index (χ0) is 12.8. The highest BCUT2D eigenvalue weighted by Gasteiger charge is 2.16. The molecule has 0 fully saturated rings. The number of nitrogens with zero attached hydrogens (tertiary/aromatic N) is 1. The fraction of sp³-hybridized carbons (Fsp3) is 0.214. The molecule has 0 aromatic heterocycles. The molecule has 0 unspecified atom stereocenters. The topological polar surface area (TPSA) is 20.3 Å². The molecular formula is C14H16FNO. The third-order valence-corrected chi connectivity index (χ3v) is 2.20. The van der Waals surface area contributed by atoms with E-state index in [1.807, 2.05) is 30.3 Å². The second-order valence-electron chi connectivity index (χ2n) is 4.01. The summed E-state index contributed by atoms with van der Waals surface area (Å²) >= 11 is 0. The van der Waals surface area contributed by atoms with Crippen LogP contribution in [0, 0.1) is 0 Å². The number of hydrogen-bond acceptors (Lipinski definition) is 1. The Kier molecular flexibility index (Phi) is 4.64. The first-order valence-electron chi connectivity index (χ1n) is 5.32. The number of carbonyl (C=O) groups is 1. The maximum Gasteiger partial charge on any atom is 0.282 e. The molecule has 0 saturated heterocycles. The molecule has 0 saturated carbocycles. The van der Waals surface area contributed by atoms with Gasteiger partial charge in [0.25, 0.3) is 5.91 Å². The summed E-state index contributed by atoms with van der Waals surface area (Å²) < 4.78 is 12.9. The van der Waals surface area contributed by atoms with Crippen molar-refractivity contribution in [3.63, 3.8) is 0 Å². The Morgan fingerprint density at radius 2 is 1.88 bits per heavy atom. The van der Waals surface area contributed by atoms with Gasteiger partial charge in [0.2, 0.25) is 0 Å². The predicted molar refractivity (Wildman–Crippen MR) is 66.9 cm³/mol. The predicted octanol–water partition coefficient (Wildman–Crippen LogP) is 3.07. The summed E-state index contributed by atoms with van der Waals surface area (Å²) in [6.45, 7) is 9.25. The molecule has 0 aliphatic heterocycles. The van der Waals surface area contributed by atoms with Crippen LogP contribution >= 0.6 is 0 Å². The summed E-state index contributed by atoms with van der Waals surface area (Å²) in [6.07, 6.45) is 0. The van der Waals surface area contributed by atoms with E-state index >= 15 is 0 Å². The van der Waals surface area contributed by atoms with Crippen molar-refractivity contribution in [2.24, 2.45) is 0 Å². The molecule has 0 heterocycles. The summed E-state index contributed by atoms with van der Waals surface area (Å²) in [7, 11) is 0. The van der Waals surface area contributed by atoms with Crippen molar-refractivity contribution in [2.45, 2.75) is 13.5 Å². The first-order chi connectivity index (χ1) is 8.00. The highest BCUT2D eigenvalue weighted by atomic mass is 19.1. The van der Waals surface area contributed by atoms with Crippen molar-refractivity contribution < 1.29 is 9.18 Å². The standard InChI is InChI=1S/C14H16FNO/c1-11(2)9-16(14(17)12(3)15)10-13-7-5-4-6-8-13/h4-8H,1,3,9-10H2,2H3. The molecule has 2 nitrogen and oxygen atoms in total. The van der Waals surface area contributed by atoms with Gasteiger partial charge in [0.1, 0.15) is 0 Å². The lowest BCUT2D eigenvalue weighted by Gasteiger charge is -2.21. The molecule has 1 rings (SSSR count). The lowest BCUT2D eigenvalue weighted by molar-refractivity contribution is -0.128. The highest BCUT2D eigenvalue weighted by Crippen LogP contribution is 2.10. The van der Waals surface area contributed by atoms with Gasteiger partial charge in [-0.3, -0.25) is 4.79 Å². The third kappa shape index (κ3) is 4.23. The van der Waals surface area contributed by atoms with Crippen molar-refractivity contribution in [2.75, 3.05) is 6.54 Å². The largest absolute Gasteiger partial charge is 0.328 e. The van der Waals surface area contributed by atoms with Crippen LogP contribution in [0.25, 0.3) is 0 Å². The van der Waals surface area contributed by atoms with Crippen LogP contribution in [0.5, 0.6) is 0 Å².